The summed E-state index contributed by atoms with van der Waals surface area (Å²) in [7, 11) is 1.36. The van der Waals surface area contributed by atoms with E-state index < -0.39 is 0 Å². The van der Waals surface area contributed by atoms with Crippen LogP contribution in [-0.4, -0.2) is 13.1 Å². The molecule has 124 valence electrons. The first-order valence-corrected chi connectivity index (χ1v) is 8.07. The summed E-state index contributed by atoms with van der Waals surface area (Å²) in [6.07, 6.45) is 5.38. The zero-order valence-corrected chi connectivity index (χ0v) is 14.3. The highest BCUT2D eigenvalue weighted by molar-refractivity contribution is 5.89. The molecule has 0 N–H and O–H groups in total. The van der Waals surface area contributed by atoms with Gasteiger partial charge in [0.1, 0.15) is 0 Å². The van der Waals surface area contributed by atoms with Crippen molar-refractivity contribution in [2.24, 2.45) is 0 Å². The molecule has 0 aliphatic rings. The van der Waals surface area contributed by atoms with Crippen LogP contribution in [0.15, 0.2) is 72.8 Å². The lowest BCUT2D eigenvalue weighted by Gasteiger charge is -2.02. The van der Waals surface area contributed by atoms with Crippen LogP contribution in [0.25, 0.3) is 11.1 Å². The first kappa shape index (κ1) is 17.1. The van der Waals surface area contributed by atoms with Gasteiger partial charge in [0.2, 0.25) is 0 Å². The fourth-order valence-corrected chi connectivity index (χ4v) is 2.46. The van der Waals surface area contributed by atoms with E-state index in [1.54, 1.807) is 24.3 Å². The Bertz CT molecular complexity index is 1010. The molecule has 0 fully saturated rings. The van der Waals surface area contributed by atoms with Crippen molar-refractivity contribution < 1.29 is 9.53 Å². The van der Waals surface area contributed by atoms with E-state index in [0.29, 0.717) is 5.56 Å². The molecule has 0 heterocycles. The topological polar surface area (TPSA) is 26.3 Å². The first-order chi connectivity index (χ1) is 12.7. The predicted octanol–water partition coefficient (Wildman–Crippen LogP) is 4.52. The molecule has 26 heavy (non-hydrogen) atoms. The van der Waals surface area contributed by atoms with E-state index in [4.69, 9.17) is 6.42 Å². The van der Waals surface area contributed by atoms with Crippen LogP contribution in [0, 0.1) is 24.2 Å². The highest BCUT2D eigenvalue weighted by Crippen LogP contribution is 2.20. The average molecular weight is 336 g/mol. The summed E-state index contributed by atoms with van der Waals surface area (Å²) in [4.78, 5) is 11.4. The summed E-state index contributed by atoms with van der Waals surface area (Å²) in [5.41, 5.74) is 5.37. The molecule has 0 saturated carbocycles. The minimum atomic E-state index is -0.352. The fraction of sp³-hybridized carbons (Fsp3) is 0.0417. The van der Waals surface area contributed by atoms with Crippen molar-refractivity contribution in [3.63, 3.8) is 0 Å². The summed E-state index contributed by atoms with van der Waals surface area (Å²) in [5.74, 6) is 8.49. The van der Waals surface area contributed by atoms with Crippen molar-refractivity contribution >= 4 is 5.97 Å². The molecule has 0 bridgehead atoms. The average Bonchev–Trinajstić information content (AvgIpc) is 2.72. The van der Waals surface area contributed by atoms with Crippen molar-refractivity contribution in [2.75, 3.05) is 7.11 Å². The number of hydrogen-bond acceptors (Lipinski definition) is 2. The van der Waals surface area contributed by atoms with Gasteiger partial charge in [-0.3, -0.25) is 0 Å². The molecule has 0 atom stereocenters. The number of ether oxygens (including phenoxy) is 1. The molecule has 0 radical (unpaired) electrons. The highest BCUT2D eigenvalue weighted by atomic mass is 16.5. The van der Waals surface area contributed by atoms with Crippen molar-refractivity contribution in [3.05, 3.63) is 95.1 Å². The lowest BCUT2D eigenvalue weighted by atomic mass is 10.0. The Morgan fingerprint density at radius 1 is 0.731 bits per heavy atom. The van der Waals surface area contributed by atoms with E-state index in [2.05, 4.69) is 22.5 Å². The van der Waals surface area contributed by atoms with E-state index in [9.17, 15) is 4.79 Å². The smallest absolute Gasteiger partial charge is 0.337 e. The molecule has 0 aliphatic heterocycles. The Morgan fingerprint density at radius 3 is 1.58 bits per heavy atom. The van der Waals surface area contributed by atoms with Crippen LogP contribution in [0.5, 0.6) is 0 Å². The van der Waals surface area contributed by atoms with Gasteiger partial charge in [-0.15, -0.1) is 6.42 Å². The van der Waals surface area contributed by atoms with Crippen LogP contribution in [-0.2, 0) is 4.74 Å². The van der Waals surface area contributed by atoms with Gasteiger partial charge in [0.05, 0.1) is 12.7 Å². The van der Waals surface area contributed by atoms with Gasteiger partial charge >= 0.3 is 5.97 Å². The van der Waals surface area contributed by atoms with Crippen molar-refractivity contribution in [2.45, 2.75) is 0 Å². The third kappa shape index (κ3) is 4.01. The number of methoxy groups -OCH3 is 1. The minimum absolute atomic E-state index is 0.352. The van der Waals surface area contributed by atoms with Crippen molar-refractivity contribution in [1.82, 2.24) is 0 Å². The molecule has 0 amide bonds. The monoisotopic (exact) mass is 336 g/mol. The Morgan fingerprint density at radius 2 is 1.15 bits per heavy atom. The van der Waals surface area contributed by atoms with E-state index in [1.807, 2.05) is 48.5 Å². The molecule has 3 rings (SSSR count). The van der Waals surface area contributed by atoms with Crippen LogP contribution >= 0.6 is 0 Å². The van der Waals surface area contributed by atoms with Crippen LogP contribution in [0.4, 0.5) is 0 Å². The molecule has 0 aromatic heterocycles. The van der Waals surface area contributed by atoms with Crippen LogP contribution < -0.4 is 0 Å². The molecule has 0 unspecified atom stereocenters. The van der Waals surface area contributed by atoms with Crippen LogP contribution in [0.2, 0.25) is 0 Å². The number of rotatable bonds is 2. The molecule has 3 aromatic rings. The second kappa shape index (κ2) is 7.88. The number of carbonyl (C=O) groups excluding carboxylic acids is 1. The second-order valence-corrected chi connectivity index (χ2v) is 5.62. The number of hydrogen-bond donors (Lipinski definition) is 0. The second-order valence-electron chi connectivity index (χ2n) is 5.62. The fourth-order valence-electron chi connectivity index (χ4n) is 2.46. The number of terminal acetylenes is 1. The number of esters is 1. The molecular weight excluding hydrogens is 320 g/mol. The molecule has 0 spiro atoms. The third-order valence-corrected chi connectivity index (χ3v) is 3.93. The summed E-state index contributed by atoms with van der Waals surface area (Å²) >= 11 is 0. The molecule has 2 heteroatoms. The third-order valence-electron chi connectivity index (χ3n) is 3.93. The van der Waals surface area contributed by atoms with Crippen molar-refractivity contribution in [3.8, 4) is 35.3 Å². The Balaban J connectivity index is 1.74. The van der Waals surface area contributed by atoms with E-state index in [-0.39, 0.29) is 5.97 Å². The van der Waals surface area contributed by atoms with E-state index >= 15 is 0 Å². The normalized spacial score (nSPS) is 9.54. The number of carbonyl (C=O) groups is 1. The minimum Gasteiger partial charge on any atom is -0.465 e. The predicted molar refractivity (Wildman–Crippen MR) is 104 cm³/mol. The van der Waals surface area contributed by atoms with Gasteiger partial charge in [-0.25, -0.2) is 4.79 Å². The van der Waals surface area contributed by atoms with E-state index in [0.717, 1.165) is 27.8 Å². The molecule has 2 nitrogen and oxygen atoms in total. The van der Waals surface area contributed by atoms with Gasteiger partial charge in [0, 0.05) is 16.7 Å². The summed E-state index contributed by atoms with van der Waals surface area (Å²) in [5, 5.41) is 0. The summed E-state index contributed by atoms with van der Waals surface area (Å²) in [6.45, 7) is 0. The summed E-state index contributed by atoms with van der Waals surface area (Å²) < 4.78 is 4.68. The van der Waals surface area contributed by atoms with Gasteiger partial charge in [-0.05, 0) is 59.7 Å². The Hall–Kier alpha value is -3.75. The van der Waals surface area contributed by atoms with Gasteiger partial charge < -0.3 is 4.74 Å². The number of benzene rings is 3. The van der Waals surface area contributed by atoms with Gasteiger partial charge in [0.15, 0.2) is 0 Å². The van der Waals surface area contributed by atoms with Crippen LogP contribution in [0.1, 0.15) is 27.0 Å². The van der Waals surface area contributed by atoms with E-state index in [1.165, 1.54) is 7.11 Å². The maximum atomic E-state index is 11.4. The lowest BCUT2D eigenvalue weighted by molar-refractivity contribution is 0.0600. The molecule has 0 saturated heterocycles. The molecule has 3 aromatic carbocycles. The SMILES string of the molecule is C#Cc1ccc(-c2ccc(C#Cc3ccc(C(=O)OC)cc3)cc2)cc1. The largest absolute Gasteiger partial charge is 0.465 e. The maximum absolute atomic E-state index is 11.4. The van der Waals surface area contributed by atoms with Crippen molar-refractivity contribution in [1.29, 1.82) is 0 Å². The zero-order valence-electron chi connectivity index (χ0n) is 14.3. The van der Waals surface area contributed by atoms with Gasteiger partial charge in [0.25, 0.3) is 0 Å². The quantitative estimate of drug-likeness (QED) is 0.508. The highest BCUT2D eigenvalue weighted by Gasteiger charge is 2.03. The lowest BCUT2D eigenvalue weighted by Crippen LogP contribution is -2.00. The first-order valence-electron chi connectivity index (χ1n) is 8.07. The standard InChI is InChI=1S/C24H16O2/c1-3-18-6-12-21(13-7-18)22-14-8-19(9-15-22)4-5-20-10-16-23(17-11-20)24(25)26-2/h1,6-17H,2H3. The van der Waals surface area contributed by atoms with Gasteiger partial charge in [-0.1, -0.05) is 42.0 Å². The van der Waals surface area contributed by atoms with Gasteiger partial charge in [-0.2, -0.15) is 0 Å². The Labute approximate surface area is 153 Å². The zero-order chi connectivity index (χ0) is 18.4. The summed E-state index contributed by atoms with van der Waals surface area (Å²) in [6, 6.07) is 23.0. The van der Waals surface area contributed by atoms with Crippen LogP contribution in [0.3, 0.4) is 0 Å². The Kier molecular flexibility index (Phi) is 5.18. The maximum Gasteiger partial charge on any atom is 0.337 e. The molecular formula is C24H16O2. The molecule has 0 aliphatic carbocycles.